The van der Waals surface area contributed by atoms with Crippen molar-refractivity contribution in [1.29, 1.82) is 0 Å². The lowest BCUT2D eigenvalue weighted by Crippen LogP contribution is -2.15. The van der Waals surface area contributed by atoms with Crippen LogP contribution < -0.4 is 0 Å². The highest BCUT2D eigenvalue weighted by molar-refractivity contribution is 6.32. The molecule has 0 atom stereocenters. The van der Waals surface area contributed by atoms with Crippen molar-refractivity contribution >= 4 is 7.32 Å². The van der Waals surface area contributed by atoms with Gasteiger partial charge in [-0.1, -0.05) is 36.3 Å². The average Bonchev–Trinajstić information content (AvgIpc) is 2.29. The number of hydrogen-bond donors (Lipinski definition) is 2. The van der Waals surface area contributed by atoms with Crippen LogP contribution in [0.3, 0.4) is 0 Å². The summed E-state index contributed by atoms with van der Waals surface area (Å²) in [5.74, 6) is 2.69. The van der Waals surface area contributed by atoms with Gasteiger partial charge in [-0.25, -0.2) is 0 Å². The molecule has 0 aromatic heterocycles. The zero-order valence-corrected chi connectivity index (χ0v) is 8.80. The molecule has 1 aromatic rings. The minimum Gasteiger partial charge on any atom is -0.400 e. The maximum absolute atomic E-state index is 8.24. The van der Waals surface area contributed by atoms with E-state index in [1.54, 1.807) is 0 Å². The molecule has 5 heteroatoms. The molecule has 16 heavy (non-hydrogen) atoms. The zero-order valence-electron chi connectivity index (χ0n) is 8.80. The van der Waals surface area contributed by atoms with Crippen molar-refractivity contribution in [2.24, 2.45) is 0 Å². The van der Waals surface area contributed by atoms with Crippen LogP contribution in [-0.4, -0.2) is 17.4 Å². The number of unbranched alkanes of at least 4 members (excludes halogenated alkanes) is 1. The number of hydrogen-bond acceptors (Lipinski definition) is 4. The molecular formula is C11H13BO4. The van der Waals surface area contributed by atoms with Crippen LogP contribution in [0.25, 0.3) is 0 Å². The Morgan fingerprint density at radius 2 is 1.94 bits per heavy atom. The smallest absolute Gasteiger partial charge is 0.400 e. The van der Waals surface area contributed by atoms with Crippen LogP contribution in [0, 0.1) is 12.0 Å². The van der Waals surface area contributed by atoms with Crippen LogP contribution in [0.15, 0.2) is 30.3 Å². The normalized spacial score (nSPS) is 9.12. The molecule has 0 spiro atoms. The summed E-state index contributed by atoms with van der Waals surface area (Å²) in [6.45, 7) is 0. The summed E-state index contributed by atoms with van der Waals surface area (Å²) in [5.41, 5.74) is 1.27. The van der Waals surface area contributed by atoms with E-state index in [0.717, 1.165) is 12.8 Å². The van der Waals surface area contributed by atoms with Gasteiger partial charge in [-0.2, -0.15) is 4.81 Å². The predicted octanol–water partition coefficient (Wildman–Crippen LogP) is 0.888. The highest BCUT2D eigenvalue weighted by Crippen LogP contribution is 2.03. The molecule has 0 heterocycles. The molecule has 0 bridgehead atoms. The minimum atomic E-state index is -1.95. The second-order valence-electron chi connectivity index (χ2n) is 3.12. The quantitative estimate of drug-likeness (QED) is 0.254. The van der Waals surface area contributed by atoms with Gasteiger partial charge in [0, 0.05) is 6.42 Å². The molecule has 0 saturated carbocycles. The fraction of sp³-hybridized carbons (Fsp3) is 0.273. The highest BCUT2D eigenvalue weighted by Gasteiger charge is 2.08. The third-order valence-corrected chi connectivity index (χ3v) is 1.86. The summed E-state index contributed by atoms with van der Waals surface area (Å²) in [4.78, 5) is 8.13. The molecule has 84 valence electrons. The average molecular weight is 220 g/mol. The lowest BCUT2D eigenvalue weighted by atomic mass is 10.1. The van der Waals surface area contributed by atoms with Gasteiger partial charge in [0.15, 0.2) is 6.11 Å². The first-order valence-corrected chi connectivity index (χ1v) is 4.99. The number of benzene rings is 1. The van der Waals surface area contributed by atoms with Gasteiger partial charge in [0.1, 0.15) is 0 Å². The van der Waals surface area contributed by atoms with Crippen molar-refractivity contribution in [3.05, 3.63) is 35.9 Å². The Morgan fingerprint density at radius 1 is 1.19 bits per heavy atom. The molecule has 0 aliphatic carbocycles. The molecule has 0 radical (unpaired) electrons. The summed E-state index contributed by atoms with van der Waals surface area (Å²) >= 11 is 0. The number of aryl methyl sites for hydroxylation is 1. The van der Waals surface area contributed by atoms with E-state index in [2.05, 4.69) is 33.9 Å². The van der Waals surface area contributed by atoms with E-state index in [4.69, 9.17) is 10.0 Å². The van der Waals surface area contributed by atoms with Crippen molar-refractivity contribution in [1.82, 2.24) is 0 Å². The predicted molar refractivity (Wildman–Crippen MR) is 59.5 cm³/mol. The Bertz CT molecular complexity index is 342. The van der Waals surface area contributed by atoms with Crippen LogP contribution in [0.5, 0.6) is 0 Å². The maximum atomic E-state index is 8.24. The van der Waals surface area contributed by atoms with E-state index < -0.39 is 7.32 Å². The van der Waals surface area contributed by atoms with Gasteiger partial charge in [-0.05, 0) is 18.4 Å². The summed E-state index contributed by atoms with van der Waals surface area (Å²) in [6.07, 6.45) is 4.75. The SMILES string of the molecule is OB(O)OOC#CCCCc1ccccc1. The molecular weight excluding hydrogens is 207 g/mol. The van der Waals surface area contributed by atoms with E-state index in [-0.39, 0.29) is 0 Å². The third-order valence-electron chi connectivity index (χ3n) is 1.86. The van der Waals surface area contributed by atoms with E-state index in [9.17, 15) is 0 Å². The first kappa shape index (κ1) is 12.6. The van der Waals surface area contributed by atoms with Crippen LogP contribution in [0.1, 0.15) is 18.4 Å². The topological polar surface area (TPSA) is 58.9 Å². The van der Waals surface area contributed by atoms with E-state index in [0.29, 0.717) is 6.42 Å². The van der Waals surface area contributed by atoms with Crippen molar-refractivity contribution < 1.29 is 19.7 Å². The largest absolute Gasteiger partial charge is 0.674 e. The third kappa shape index (κ3) is 6.09. The van der Waals surface area contributed by atoms with Gasteiger partial charge < -0.3 is 10.0 Å². The Kier molecular flexibility index (Phi) is 6.12. The number of rotatable bonds is 5. The molecule has 0 unspecified atom stereocenters. The first-order valence-electron chi connectivity index (χ1n) is 4.99. The Labute approximate surface area is 94.9 Å². The van der Waals surface area contributed by atoms with E-state index in [1.807, 2.05) is 18.2 Å². The summed E-state index contributed by atoms with van der Waals surface area (Å²) in [6, 6.07) is 10.1. The Balaban J connectivity index is 2.08. The lowest BCUT2D eigenvalue weighted by Gasteiger charge is -1.96. The van der Waals surface area contributed by atoms with Gasteiger partial charge in [0.25, 0.3) is 0 Å². The van der Waals surface area contributed by atoms with Crippen LogP contribution in [0.2, 0.25) is 0 Å². The van der Waals surface area contributed by atoms with Gasteiger partial charge in [0.2, 0.25) is 0 Å². The maximum Gasteiger partial charge on any atom is 0.674 e. The zero-order chi connectivity index (χ0) is 11.6. The standard InChI is InChI=1S/C11H13BO4/c13-12(14)16-15-10-6-2-5-9-11-7-3-1-4-8-11/h1,3-4,7-8,13-14H,2,5,9H2. The lowest BCUT2D eigenvalue weighted by molar-refractivity contribution is -0.168. The van der Waals surface area contributed by atoms with Crippen molar-refractivity contribution in [3.63, 3.8) is 0 Å². The molecule has 2 N–H and O–H groups in total. The first-order chi connectivity index (χ1) is 7.79. The summed E-state index contributed by atoms with van der Waals surface area (Å²) < 4.78 is 0. The van der Waals surface area contributed by atoms with Crippen LogP contribution >= 0.6 is 0 Å². The van der Waals surface area contributed by atoms with E-state index >= 15 is 0 Å². The monoisotopic (exact) mass is 220 g/mol. The van der Waals surface area contributed by atoms with Crippen molar-refractivity contribution in [3.8, 4) is 12.0 Å². The molecule has 0 amide bonds. The molecule has 1 rings (SSSR count). The molecule has 0 saturated heterocycles. The Morgan fingerprint density at radius 3 is 2.62 bits per heavy atom. The van der Waals surface area contributed by atoms with Gasteiger partial charge in [-0.15, -0.1) is 0 Å². The Hall–Kier alpha value is -1.48. The highest BCUT2D eigenvalue weighted by atomic mass is 17.2. The van der Waals surface area contributed by atoms with Crippen LogP contribution in [-0.2, 0) is 16.1 Å². The fourth-order valence-electron chi connectivity index (χ4n) is 1.17. The van der Waals surface area contributed by atoms with Crippen molar-refractivity contribution in [2.75, 3.05) is 0 Å². The van der Waals surface area contributed by atoms with Gasteiger partial charge >= 0.3 is 7.32 Å². The van der Waals surface area contributed by atoms with Gasteiger partial charge in [-0.3, -0.25) is 4.89 Å². The molecule has 0 aliphatic heterocycles. The molecule has 0 fully saturated rings. The summed E-state index contributed by atoms with van der Waals surface area (Å²) in [7, 11) is -1.95. The van der Waals surface area contributed by atoms with Gasteiger partial charge in [0.05, 0.1) is 0 Å². The molecule has 0 aliphatic rings. The second kappa shape index (κ2) is 7.77. The summed E-state index contributed by atoms with van der Waals surface area (Å²) in [5, 5.41) is 16.5. The van der Waals surface area contributed by atoms with Crippen molar-refractivity contribution in [2.45, 2.75) is 19.3 Å². The minimum absolute atomic E-state index is 0.666. The van der Waals surface area contributed by atoms with Crippen LogP contribution in [0.4, 0.5) is 0 Å². The second-order valence-corrected chi connectivity index (χ2v) is 3.12. The molecule has 1 aromatic carbocycles. The fourth-order valence-corrected chi connectivity index (χ4v) is 1.17. The van der Waals surface area contributed by atoms with E-state index in [1.165, 1.54) is 5.56 Å². The molecule has 4 nitrogen and oxygen atoms in total.